The molecule has 91 heavy (non-hydrogen) atoms. The van der Waals surface area contributed by atoms with Crippen LogP contribution in [0.2, 0.25) is 0 Å². The highest BCUT2D eigenvalue weighted by Gasteiger charge is 2.41. The number of H-pyrrole nitrogens is 1. The van der Waals surface area contributed by atoms with Gasteiger partial charge in [0.25, 0.3) is 0 Å². The zero-order valence-electron chi connectivity index (χ0n) is 51.6. The maximum Gasteiger partial charge on any atom is 0.326 e. The van der Waals surface area contributed by atoms with Crippen molar-refractivity contribution in [1.29, 1.82) is 0 Å². The van der Waals surface area contributed by atoms with E-state index in [2.05, 4.69) is 42.2 Å². The van der Waals surface area contributed by atoms with Gasteiger partial charge in [-0.15, -0.1) is 0 Å². The number of rotatable bonds is 32. The molecule has 1 saturated heterocycles. The quantitative estimate of drug-likeness (QED) is 0.0289. The van der Waals surface area contributed by atoms with E-state index in [0.29, 0.717) is 35.1 Å². The number of carboxylic acids is 1. The van der Waals surface area contributed by atoms with Gasteiger partial charge in [0.15, 0.2) is 0 Å². The SMILES string of the molecule is CC[C@H](C)[C@H](NC(=O)[C@@H](NC(=O)[C@@H]1CCCN1C(=O)[C@H](Cc1ccccc1)NC(=O)[C@H](Cc1ccccc1)NC(=O)[C@H](Cc1ccc(O)cc1)NC(=O)[C@H](CCC(N)=O)NC(=O)[C@@H](N)Cc1c[nH]c2ccccc12)C(C)C)C(=O)N[C@@H](Cc1ccccc1)C(=O)O. The van der Waals surface area contributed by atoms with Crippen molar-refractivity contribution in [3.8, 4) is 5.75 Å². The second-order valence-corrected chi connectivity index (χ2v) is 23.6. The molecule has 1 aliphatic rings. The van der Waals surface area contributed by atoms with E-state index in [1.807, 2.05) is 31.2 Å². The third-order valence-corrected chi connectivity index (χ3v) is 16.4. The number of fused-ring (bicyclic) bond motifs is 1. The van der Waals surface area contributed by atoms with Gasteiger partial charge >= 0.3 is 5.97 Å². The molecule has 14 N–H and O–H groups in total. The first-order chi connectivity index (χ1) is 43.6. The van der Waals surface area contributed by atoms with E-state index in [-0.39, 0.29) is 63.7 Å². The molecule has 0 aliphatic carbocycles. The minimum absolute atomic E-state index is 0.00538. The Morgan fingerprint density at radius 3 is 1.56 bits per heavy atom. The van der Waals surface area contributed by atoms with Crippen LogP contribution in [0.4, 0.5) is 0 Å². The fraction of sp³-hybridized carbons (Fsp3) is 0.382. The highest BCUT2D eigenvalue weighted by Crippen LogP contribution is 2.23. The summed E-state index contributed by atoms with van der Waals surface area (Å²) in [7, 11) is 0. The molecule has 6 aromatic rings. The van der Waals surface area contributed by atoms with Gasteiger partial charge in [-0.25, -0.2) is 4.79 Å². The number of aromatic hydroxyl groups is 1. The summed E-state index contributed by atoms with van der Waals surface area (Å²) in [6.07, 6.45) is 1.85. The van der Waals surface area contributed by atoms with Gasteiger partial charge in [-0.2, -0.15) is 0 Å². The molecule has 482 valence electrons. The lowest BCUT2D eigenvalue weighted by Crippen LogP contribution is -2.61. The number of phenolic OH excluding ortho intramolecular Hbond substituents is 1. The minimum Gasteiger partial charge on any atom is -0.508 e. The Hall–Kier alpha value is -9.90. The maximum atomic E-state index is 15.1. The highest BCUT2D eigenvalue weighted by atomic mass is 16.4. The number of nitrogens with one attached hydrogen (secondary N) is 8. The zero-order chi connectivity index (χ0) is 65.7. The number of nitrogens with zero attached hydrogens (tertiary/aromatic N) is 1. The number of carbonyl (C=O) groups is 10. The largest absolute Gasteiger partial charge is 0.508 e. The molecule has 10 atom stereocenters. The summed E-state index contributed by atoms with van der Waals surface area (Å²) in [5.41, 5.74) is 15.9. The number of carbonyl (C=O) groups excluding carboxylic acids is 9. The number of benzene rings is 5. The van der Waals surface area contributed by atoms with Crippen LogP contribution >= 0.6 is 0 Å². The zero-order valence-corrected chi connectivity index (χ0v) is 51.6. The summed E-state index contributed by atoms with van der Waals surface area (Å²) in [6.45, 7) is 7.06. The summed E-state index contributed by atoms with van der Waals surface area (Å²) in [4.78, 5) is 145. The molecule has 0 bridgehead atoms. The van der Waals surface area contributed by atoms with Crippen molar-refractivity contribution in [2.24, 2.45) is 23.3 Å². The van der Waals surface area contributed by atoms with Crippen molar-refractivity contribution >= 4 is 70.0 Å². The van der Waals surface area contributed by atoms with E-state index in [1.165, 1.54) is 29.2 Å². The fourth-order valence-corrected chi connectivity index (χ4v) is 11.0. The van der Waals surface area contributed by atoms with Crippen LogP contribution in [0.5, 0.6) is 5.75 Å². The predicted molar refractivity (Wildman–Crippen MR) is 341 cm³/mol. The molecule has 23 heteroatoms. The molecule has 0 saturated carbocycles. The Morgan fingerprint density at radius 2 is 1.02 bits per heavy atom. The number of carboxylic acid groups (broad SMARTS) is 1. The minimum atomic E-state index is -1.47. The molecular formula is C68H83N11O12. The van der Waals surface area contributed by atoms with Crippen LogP contribution in [0.25, 0.3) is 10.9 Å². The molecule has 0 spiro atoms. The number of likely N-dealkylation sites (tertiary alicyclic amines) is 1. The Morgan fingerprint density at radius 1 is 0.549 bits per heavy atom. The van der Waals surface area contributed by atoms with Gasteiger partial charge in [0, 0.05) is 55.7 Å². The topological polar surface area (TPSA) is 366 Å². The van der Waals surface area contributed by atoms with E-state index in [0.717, 1.165) is 16.5 Å². The van der Waals surface area contributed by atoms with Gasteiger partial charge in [-0.05, 0) is 83.5 Å². The van der Waals surface area contributed by atoms with E-state index in [9.17, 15) is 48.6 Å². The average molecular weight is 1250 g/mol. The number of phenols is 1. The van der Waals surface area contributed by atoms with Crippen LogP contribution in [0.1, 0.15) is 87.6 Å². The van der Waals surface area contributed by atoms with Crippen LogP contribution < -0.4 is 48.7 Å². The van der Waals surface area contributed by atoms with Crippen molar-refractivity contribution < 1.29 is 58.2 Å². The van der Waals surface area contributed by atoms with Gasteiger partial charge < -0.3 is 68.8 Å². The third-order valence-electron chi connectivity index (χ3n) is 16.4. The number of nitrogens with two attached hydrogens (primary N) is 2. The molecule has 0 unspecified atom stereocenters. The first-order valence-corrected chi connectivity index (χ1v) is 30.7. The molecule has 7 rings (SSSR count). The van der Waals surface area contributed by atoms with Crippen LogP contribution in [0.15, 0.2) is 146 Å². The molecule has 5 aromatic carbocycles. The highest BCUT2D eigenvalue weighted by molar-refractivity contribution is 5.99. The average Bonchev–Trinajstić information content (AvgIpc) is 1.94. The van der Waals surface area contributed by atoms with Gasteiger partial charge in [0.2, 0.25) is 53.2 Å². The van der Waals surface area contributed by atoms with Crippen LogP contribution in [0, 0.1) is 11.8 Å². The lowest BCUT2D eigenvalue weighted by Gasteiger charge is -2.32. The van der Waals surface area contributed by atoms with Crippen molar-refractivity contribution in [3.63, 3.8) is 0 Å². The molecule has 1 fully saturated rings. The van der Waals surface area contributed by atoms with E-state index >= 15 is 9.59 Å². The molecule has 0 radical (unpaired) electrons. The van der Waals surface area contributed by atoms with Crippen LogP contribution in [0.3, 0.4) is 0 Å². The Balaban J connectivity index is 1.10. The Kier molecular flexibility index (Phi) is 24.9. The van der Waals surface area contributed by atoms with Crippen molar-refractivity contribution in [2.45, 2.75) is 146 Å². The summed E-state index contributed by atoms with van der Waals surface area (Å²) < 4.78 is 0. The molecule has 1 aliphatic heterocycles. The number of amides is 9. The molecule has 2 heterocycles. The van der Waals surface area contributed by atoms with E-state index in [4.69, 9.17) is 11.5 Å². The number of aromatic amines is 1. The smallest absolute Gasteiger partial charge is 0.326 e. The van der Waals surface area contributed by atoms with Gasteiger partial charge in [-0.3, -0.25) is 43.2 Å². The molecule has 9 amide bonds. The summed E-state index contributed by atoms with van der Waals surface area (Å²) in [5.74, 6) is -9.06. The number of hydrogen-bond donors (Lipinski definition) is 12. The lowest BCUT2D eigenvalue weighted by atomic mass is 9.95. The standard InChI is InChI=1S/C68H83N11O12/c1-5-41(4)59(66(88)76-55(68(90)91)37-44-22-13-8-14-23-44)78-65(87)58(40(2)3)77-64(86)56-26-17-33-79(56)67(89)54(36-43-20-11-7-12-21-43)75-63(85)52(34-42-18-9-6-10-19-42)74-62(84)53(35-45-27-29-47(80)30-28-45)73-61(83)51(31-32-57(70)81)72-60(82)49(69)38-46-39-71-50-25-16-15-24-48(46)50/h6-16,18-25,27-30,39-41,49,51-56,58-59,71,80H,5,17,26,31-38,69H2,1-4H3,(H2,70,81)(H,72,82)(H,73,83)(H,74,84)(H,75,85)(H,76,88)(H,77,86)(H,78,87)(H,90,91)/t41-,49-,51-,52-,53-,54-,55-,56-,58-,59-/m0/s1. The van der Waals surface area contributed by atoms with Crippen LogP contribution in [-0.2, 0) is 80.0 Å². The lowest BCUT2D eigenvalue weighted by molar-refractivity contribution is -0.143. The second-order valence-electron chi connectivity index (χ2n) is 23.6. The summed E-state index contributed by atoms with van der Waals surface area (Å²) in [6, 6.07) is 28.0. The maximum absolute atomic E-state index is 15.1. The second kappa shape index (κ2) is 33.1. The summed E-state index contributed by atoms with van der Waals surface area (Å²) in [5, 5.41) is 40.3. The summed E-state index contributed by atoms with van der Waals surface area (Å²) >= 11 is 0. The van der Waals surface area contributed by atoms with Gasteiger partial charge in [-0.1, -0.05) is 155 Å². The number of para-hydroxylation sites is 1. The van der Waals surface area contributed by atoms with Gasteiger partial charge in [0.1, 0.15) is 54.1 Å². The van der Waals surface area contributed by atoms with Crippen LogP contribution in [-0.4, -0.2) is 140 Å². The monoisotopic (exact) mass is 1250 g/mol. The molecule has 23 nitrogen and oxygen atoms in total. The predicted octanol–water partition coefficient (Wildman–Crippen LogP) is 3.15. The third kappa shape index (κ3) is 19.8. The van der Waals surface area contributed by atoms with Crippen molar-refractivity contribution in [3.05, 3.63) is 174 Å². The first kappa shape index (κ1) is 68.6. The van der Waals surface area contributed by atoms with Crippen molar-refractivity contribution in [1.82, 2.24) is 47.1 Å². The Bertz CT molecular complexity index is 3480. The number of primary amides is 1. The molecule has 1 aromatic heterocycles. The Labute approximate surface area is 528 Å². The fourth-order valence-electron chi connectivity index (χ4n) is 11.0. The van der Waals surface area contributed by atoms with E-state index in [1.54, 1.807) is 118 Å². The normalized spacial score (nSPS) is 15.9. The van der Waals surface area contributed by atoms with Gasteiger partial charge in [0.05, 0.1) is 6.04 Å². The van der Waals surface area contributed by atoms with E-state index < -0.39 is 125 Å². The van der Waals surface area contributed by atoms with Crippen molar-refractivity contribution in [2.75, 3.05) is 6.54 Å². The number of aromatic nitrogens is 1. The number of hydrogen-bond acceptors (Lipinski definition) is 12. The first-order valence-electron chi connectivity index (χ1n) is 30.7. The number of aliphatic carboxylic acids is 1. The molecular weight excluding hydrogens is 1160 g/mol.